The van der Waals surface area contributed by atoms with Crippen LogP contribution in [0.15, 0.2) is 17.7 Å². The van der Waals surface area contributed by atoms with Gasteiger partial charge in [-0.3, -0.25) is 9.69 Å². The largest absolute Gasteiger partial charge is 0.483 e. The molecule has 0 saturated carbocycles. The van der Waals surface area contributed by atoms with Gasteiger partial charge in [0.25, 0.3) is 0 Å². The number of fused-ring (bicyclic) bond motifs is 2. The summed E-state index contributed by atoms with van der Waals surface area (Å²) in [6.07, 6.45) is 9.46. The van der Waals surface area contributed by atoms with E-state index in [-0.39, 0.29) is 28.6 Å². The summed E-state index contributed by atoms with van der Waals surface area (Å²) in [6, 6.07) is 4.40. The van der Waals surface area contributed by atoms with Crippen LogP contribution in [0.1, 0.15) is 116 Å². The van der Waals surface area contributed by atoms with Crippen molar-refractivity contribution < 1.29 is 19.0 Å². The number of hydrogen-bond donors (Lipinski definition) is 0. The second-order valence-corrected chi connectivity index (χ2v) is 12.6. The fourth-order valence-electron chi connectivity index (χ4n) is 6.44. The highest BCUT2D eigenvalue weighted by molar-refractivity contribution is 8.93. The Hall–Kier alpha value is -1.37. The third kappa shape index (κ3) is 8.10. The smallest absolute Gasteiger partial charge is 0.311 e. The van der Waals surface area contributed by atoms with Crippen molar-refractivity contribution in [1.82, 2.24) is 4.90 Å². The number of benzene rings is 1. The van der Waals surface area contributed by atoms with Crippen molar-refractivity contribution >= 4 is 28.5 Å². The topological polar surface area (TPSA) is 48.0 Å². The number of morpholine rings is 1. The van der Waals surface area contributed by atoms with E-state index in [0.717, 1.165) is 63.4 Å². The first kappa shape index (κ1) is 32.1. The molecule has 1 aromatic carbocycles. The van der Waals surface area contributed by atoms with Gasteiger partial charge in [0.15, 0.2) is 0 Å². The van der Waals surface area contributed by atoms with Crippen LogP contribution in [-0.2, 0) is 9.53 Å². The molecule has 0 amide bonds. The molecule has 1 saturated heterocycles. The fraction of sp³-hybridized carbons (Fsp3) is 0.727. The minimum absolute atomic E-state index is 0. The molecule has 0 aromatic heterocycles. The van der Waals surface area contributed by atoms with Gasteiger partial charge in [-0.15, -0.1) is 17.0 Å². The van der Waals surface area contributed by atoms with E-state index in [4.69, 9.17) is 14.2 Å². The molecule has 39 heavy (non-hydrogen) atoms. The lowest BCUT2D eigenvalue weighted by Crippen LogP contribution is -2.37. The molecule has 5 nitrogen and oxygen atoms in total. The van der Waals surface area contributed by atoms with Crippen molar-refractivity contribution in [1.29, 1.82) is 0 Å². The van der Waals surface area contributed by atoms with E-state index in [1.807, 2.05) is 0 Å². The Kier molecular flexibility index (Phi) is 12.0. The van der Waals surface area contributed by atoms with Crippen molar-refractivity contribution in [2.24, 2.45) is 11.8 Å². The molecule has 2 aliphatic heterocycles. The molecule has 3 unspecified atom stereocenters. The van der Waals surface area contributed by atoms with E-state index < -0.39 is 0 Å². The van der Waals surface area contributed by atoms with Crippen molar-refractivity contribution in [3.63, 3.8) is 0 Å². The van der Waals surface area contributed by atoms with Crippen LogP contribution in [0.3, 0.4) is 0 Å². The van der Waals surface area contributed by atoms with E-state index in [0.29, 0.717) is 29.9 Å². The summed E-state index contributed by atoms with van der Waals surface area (Å²) in [7, 11) is 0. The molecule has 1 aromatic rings. The highest BCUT2D eigenvalue weighted by atomic mass is 79.9. The second kappa shape index (κ2) is 14.5. The first-order chi connectivity index (χ1) is 18.2. The second-order valence-electron chi connectivity index (χ2n) is 12.6. The summed E-state index contributed by atoms with van der Waals surface area (Å²) >= 11 is 0. The first-order valence-corrected chi connectivity index (χ1v) is 15.3. The average molecular weight is 607 g/mol. The van der Waals surface area contributed by atoms with Gasteiger partial charge < -0.3 is 14.2 Å². The van der Waals surface area contributed by atoms with E-state index in [2.05, 4.69) is 58.6 Å². The Bertz CT molecular complexity index is 998. The highest BCUT2D eigenvalue weighted by Crippen LogP contribution is 2.52. The Labute approximate surface area is 247 Å². The molecule has 2 heterocycles. The van der Waals surface area contributed by atoms with Crippen LogP contribution in [0.4, 0.5) is 0 Å². The average Bonchev–Trinajstić information content (AvgIpc) is 2.88. The quantitative estimate of drug-likeness (QED) is 0.144. The summed E-state index contributed by atoms with van der Waals surface area (Å²) in [5.41, 5.74) is 4.63. The first-order valence-electron chi connectivity index (χ1n) is 15.3. The van der Waals surface area contributed by atoms with Gasteiger partial charge in [-0.05, 0) is 92.7 Å². The fourth-order valence-corrected chi connectivity index (χ4v) is 6.44. The number of esters is 1. The minimum atomic E-state index is -0.337. The molecule has 0 bridgehead atoms. The lowest BCUT2D eigenvalue weighted by Gasteiger charge is -2.41. The van der Waals surface area contributed by atoms with E-state index in [1.54, 1.807) is 0 Å². The molecule has 6 heteroatoms. The Balaban J connectivity index is 0.00000420. The lowest BCUT2D eigenvalue weighted by atomic mass is 9.74. The summed E-state index contributed by atoms with van der Waals surface area (Å²) in [5, 5.41) is 0. The predicted octanol–water partition coefficient (Wildman–Crippen LogP) is 8.35. The minimum Gasteiger partial charge on any atom is -0.483 e. The number of allylic oxidation sites excluding steroid dienone is 1. The summed E-state index contributed by atoms with van der Waals surface area (Å²) in [4.78, 5) is 15.5. The van der Waals surface area contributed by atoms with Gasteiger partial charge in [0.2, 0.25) is 0 Å². The van der Waals surface area contributed by atoms with E-state index >= 15 is 0 Å². The van der Waals surface area contributed by atoms with Crippen molar-refractivity contribution in [3.8, 4) is 11.5 Å². The van der Waals surface area contributed by atoms with Crippen LogP contribution in [0, 0.1) is 11.8 Å². The molecule has 220 valence electrons. The molecule has 3 aliphatic rings. The number of ether oxygens (including phenoxy) is 3. The number of carbonyl (C=O) groups excluding carboxylic acids is 1. The van der Waals surface area contributed by atoms with Crippen LogP contribution in [0.5, 0.6) is 11.5 Å². The number of carbonyl (C=O) groups is 1. The number of hydrogen-bond acceptors (Lipinski definition) is 5. The van der Waals surface area contributed by atoms with Crippen molar-refractivity contribution in [3.05, 3.63) is 28.8 Å². The zero-order chi connectivity index (χ0) is 27.3. The van der Waals surface area contributed by atoms with Gasteiger partial charge in [-0.1, -0.05) is 53.4 Å². The van der Waals surface area contributed by atoms with Gasteiger partial charge >= 0.3 is 5.97 Å². The zero-order valence-electron chi connectivity index (χ0n) is 25.3. The maximum absolute atomic E-state index is 13.2. The van der Waals surface area contributed by atoms with Crippen molar-refractivity contribution in [2.75, 3.05) is 32.8 Å². The van der Waals surface area contributed by atoms with Crippen LogP contribution in [-0.4, -0.2) is 49.3 Å². The molecule has 0 N–H and O–H groups in total. The number of nitrogens with zero attached hydrogens (tertiary/aromatic N) is 1. The van der Waals surface area contributed by atoms with Crippen LogP contribution >= 0.6 is 17.0 Å². The Morgan fingerprint density at radius 2 is 1.90 bits per heavy atom. The summed E-state index contributed by atoms with van der Waals surface area (Å²) < 4.78 is 18.4. The van der Waals surface area contributed by atoms with Crippen molar-refractivity contribution in [2.45, 2.75) is 111 Å². The summed E-state index contributed by atoms with van der Waals surface area (Å²) in [6.45, 7) is 18.0. The van der Waals surface area contributed by atoms with Gasteiger partial charge in [-0.25, -0.2) is 0 Å². The standard InChI is InChI=1S/C33H51NO4.BrH/c1-7-8-9-11-24(3)25(4)26-21-29(37-31(35)12-10-15-34-16-18-36-19-17-34)32-27-20-23(2)13-14-28(27)33(5,6)38-30(32)22-26;/h21-25H,7-20H2,1-6H3;1H. The molecule has 3 atom stereocenters. The van der Waals surface area contributed by atoms with Crippen LogP contribution in [0.2, 0.25) is 0 Å². The van der Waals surface area contributed by atoms with Gasteiger partial charge in [0, 0.05) is 19.5 Å². The summed E-state index contributed by atoms with van der Waals surface area (Å²) in [5.74, 6) is 2.99. The van der Waals surface area contributed by atoms with E-state index in [1.165, 1.54) is 48.8 Å². The maximum atomic E-state index is 13.2. The number of rotatable bonds is 11. The zero-order valence-corrected chi connectivity index (χ0v) is 27.0. The van der Waals surface area contributed by atoms with Gasteiger partial charge in [0.1, 0.15) is 17.1 Å². The monoisotopic (exact) mass is 605 g/mol. The molecule has 1 fully saturated rings. The maximum Gasteiger partial charge on any atom is 0.311 e. The number of halogens is 1. The van der Waals surface area contributed by atoms with Crippen LogP contribution in [0.25, 0.3) is 5.57 Å². The van der Waals surface area contributed by atoms with Crippen LogP contribution < -0.4 is 9.47 Å². The molecular weight excluding hydrogens is 554 g/mol. The predicted molar refractivity (Wildman–Crippen MR) is 165 cm³/mol. The normalized spacial score (nSPS) is 22.2. The molecular formula is C33H52BrNO4. The molecule has 4 rings (SSSR count). The Morgan fingerprint density at radius 3 is 2.62 bits per heavy atom. The van der Waals surface area contributed by atoms with Gasteiger partial charge in [-0.2, -0.15) is 0 Å². The van der Waals surface area contributed by atoms with E-state index in [9.17, 15) is 4.79 Å². The Morgan fingerprint density at radius 1 is 1.15 bits per heavy atom. The third-order valence-electron chi connectivity index (χ3n) is 9.11. The number of unbranched alkanes of at least 4 members (excludes halogenated alkanes) is 2. The highest BCUT2D eigenvalue weighted by Gasteiger charge is 2.39. The molecule has 0 spiro atoms. The lowest BCUT2D eigenvalue weighted by molar-refractivity contribution is -0.134. The van der Waals surface area contributed by atoms with Gasteiger partial charge in [0.05, 0.1) is 18.8 Å². The third-order valence-corrected chi connectivity index (χ3v) is 9.11. The molecule has 1 aliphatic carbocycles. The molecule has 0 radical (unpaired) electrons. The SMILES string of the molecule is Br.CCCCCC(C)C(C)c1cc(OC(=O)CCCN2CCOCC2)c2c(c1)OC(C)(C)C1=C2CC(C)CC1.